The normalized spacial score (nSPS) is 13.9. The molecule has 3 aromatic rings. The van der Waals surface area contributed by atoms with Gasteiger partial charge in [0.15, 0.2) is 0 Å². The standard InChI is InChI=1S/C20H20N4/c1-2-6-16(7-3-1)19-14-20(22-15-21-19)23-17-8-10-18(11-9-17)24-12-4-5-13-24/h1-3,6-11,14-15H,4-5,12-13H2,(H,21,22,23). The molecule has 120 valence electrons. The number of aromatic nitrogens is 2. The van der Waals surface area contributed by atoms with Crippen molar-refractivity contribution >= 4 is 17.2 Å². The first-order chi connectivity index (χ1) is 11.9. The fourth-order valence-electron chi connectivity index (χ4n) is 3.07. The van der Waals surface area contributed by atoms with E-state index in [2.05, 4.69) is 56.6 Å². The van der Waals surface area contributed by atoms with Crippen molar-refractivity contribution in [2.45, 2.75) is 12.8 Å². The molecule has 0 radical (unpaired) electrons. The molecule has 0 saturated carbocycles. The van der Waals surface area contributed by atoms with Crippen LogP contribution in [-0.2, 0) is 0 Å². The fourth-order valence-corrected chi connectivity index (χ4v) is 3.07. The van der Waals surface area contributed by atoms with Gasteiger partial charge in [-0.25, -0.2) is 9.97 Å². The molecule has 0 amide bonds. The third-order valence-electron chi connectivity index (χ3n) is 4.35. The highest BCUT2D eigenvalue weighted by atomic mass is 15.1. The Morgan fingerprint density at radius 3 is 2.33 bits per heavy atom. The second-order valence-electron chi connectivity index (χ2n) is 6.02. The molecule has 1 fully saturated rings. The topological polar surface area (TPSA) is 41.0 Å². The van der Waals surface area contributed by atoms with Gasteiger partial charge in [0, 0.05) is 36.1 Å². The molecule has 0 spiro atoms. The van der Waals surface area contributed by atoms with Crippen LogP contribution in [0.4, 0.5) is 17.2 Å². The second-order valence-corrected chi connectivity index (χ2v) is 6.02. The van der Waals surface area contributed by atoms with Gasteiger partial charge in [0.1, 0.15) is 12.1 Å². The summed E-state index contributed by atoms with van der Waals surface area (Å²) in [5, 5.41) is 3.36. The van der Waals surface area contributed by atoms with Crippen molar-refractivity contribution < 1.29 is 0 Å². The molecule has 1 saturated heterocycles. The summed E-state index contributed by atoms with van der Waals surface area (Å²) in [6.45, 7) is 2.33. The van der Waals surface area contributed by atoms with Gasteiger partial charge in [0.25, 0.3) is 0 Å². The summed E-state index contributed by atoms with van der Waals surface area (Å²) in [5.74, 6) is 0.803. The Morgan fingerprint density at radius 1 is 0.833 bits per heavy atom. The van der Waals surface area contributed by atoms with Gasteiger partial charge in [0.05, 0.1) is 5.69 Å². The summed E-state index contributed by atoms with van der Waals surface area (Å²) in [4.78, 5) is 11.1. The van der Waals surface area contributed by atoms with Crippen LogP contribution in [0.25, 0.3) is 11.3 Å². The van der Waals surface area contributed by atoms with Crippen LogP contribution in [0.1, 0.15) is 12.8 Å². The molecule has 0 bridgehead atoms. The van der Waals surface area contributed by atoms with Crippen molar-refractivity contribution in [1.29, 1.82) is 0 Å². The van der Waals surface area contributed by atoms with Crippen LogP contribution in [0.2, 0.25) is 0 Å². The van der Waals surface area contributed by atoms with Crippen LogP contribution < -0.4 is 10.2 Å². The monoisotopic (exact) mass is 316 g/mol. The zero-order valence-electron chi connectivity index (χ0n) is 13.5. The Bertz CT molecular complexity index is 793. The highest BCUT2D eigenvalue weighted by Gasteiger charge is 2.11. The third-order valence-corrected chi connectivity index (χ3v) is 4.35. The van der Waals surface area contributed by atoms with E-state index in [0.29, 0.717) is 0 Å². The Morgan fingerprint density at radius 2 is 1.58 bits per heavy atom. The highest BCUT2D eigenvalue weighted by Crippen LogP contribution is 2.24. The van der Waals surface area contributed by atoms with Crippen molar-refractivity contribution in [1.82, 2.24) is 9.97 Å². The van der Waals surface area contributed by atoms with E-state index in [1.807, 2.05) is 24.3 Å². The zero-order chi connectivity index (χ0) is 16.2. The van der Waals surface area contributed by atoms with Crippen molar-refractivity contribution in [3.8, 4) is 11.3 Å². The number of benzene rings is 2. The molecule has 1 aromatic heterocycles. The molecule has 1 aliphatic rings. The minimum atomic E-state index is 0.803. The minimum Gasteiger partial charge on any atom is -0.372 e. The molecule has 4 rings (SSSR count). The van der Waals surface area contributed by atoms with E-state index >= 15 is 0 Å². The van der Waals surface area contributed by atoms with Gasteiger partial charge < -0.3 is 10.2 Å². The summed E-state index contributed by atoms with van der Waals surface area (Å²) in [7, 11) is 0. The maximum absolute atomic E-state index is 4.36. The number of hydrogen-bond acceptors (Lipinski definition) is 4. The van der Waals surface area contributed by atoms with Gasteiger partial charge in [0.2, 0.25) is 0 Å². The lowest BCUT2D eigenvalue weighted by molar-refractivity contribution is 0.949. The van der Waals surface area contributed by atoms with Crippen LogP contribution in [0.3, 0.4) is 0 Å². The summed E-state index contributed by atoms with van der Waals surface area (Å²) in [5.41, 5.74) is 4.34. The van der Waals surface area contributed by atoms with Crippen LogP contribution in [-0.4, -0.2) is 23.1 Å². The molecule has 0 aliphatic carbocycles. The van der Waals surface area contributed by atoms with Gasteiger partial charge in [-0.1, -0.05) is 30.3 Å². The predicted octanol–water partition coefficient (Wildman–Crippen LogP) is 4.49. The molecular formula is C20H20N4. The van der Waals surface area contributed by atoms with E-state index in [9.17, 15) is 0 Å². The Hall–Kier alpha value is -2.88. The largest absolute Gasteiger partial charge is 0.372 e. The molecule has 2 heterocycles. The average molecular weight is 316 g/mol. The van der Waals surface area contributed by atoms with Gasteiger partial charge in [-0.3, -0.25) is 0 Å². The van der Waals surface area contributed by atoms with Crippen LogP contribution in [0.5, 0.6) is 0 Å². The van der Waals surface area contributed by atoms with E-state index in [4.69, 9.17) is 0 Å². The van der Waals surface area contributed by atoms with Crippen molar-refractivity contribution in [2.75, 3.05) is 23.3 Å². The van der Waals surface area contributed by atoms with Crippen molar-refractivity contribution in [2.24, 2.45) is 0 Å². The van der Waals surface area contributed by atoms with Crippen molar-refractivity contribution in [3.05, 3.63) is 67.0 Å². The number of anilines is 3. The Kier molecular flexibility index (Phi) is 4.11. The van der Waals surface area contributed by atoms with E-state index in [1.54, 1.807) is 6.33 Å². The number of hydrogen-bond donors (Lipinski definition) is 1. The summed E-state index contributed by atoms with van der Waals surface area (Å²) >= 11 is 0. The fraction of sp³-hybridized carbons (Fsp3) is 0.200. The number of nitrogens with one attached hydrogen (secondary N) is 1. The first-order valence-corrected chi connectivity index (χ1v) is 8.38. The SMILES string of the molecule is c1ccc(-c2cc(Nc3ccc(N4CCCC4)cc3)ncn2)cc1. The summed E-state index contributed by atoms with van der Waals surface area (Å²) in [6.07, 6.45) is 4.19. The van der Waals surface area contributed by atoms with Crippen LogP contribution >= 0.6 is 0 Å². The predicted molar refractivity (Wildman–Crippen MR) is 98.6 cm³/mol. The molecule has 4 heteroatoms. The lowest BCUT2D eigenvalue weighted by atomic mass is 10.1. The minimum absolute atomic E-state index is 0.803. The van der Waals surface area contributed by atoms with Crippen molar-refractivity contribution in [3.63, 3.8) is 0 Å². The maximum atomic E-state index is 4.36. The summed E-state index contributed by atoms with van der Waals surface area (Å²) in [6, 6.07) is 20.7. The van der Waals surface area contributed by atoms with Crippen LogP contribution in [0, 0.1) is 0 Å². The lowest BCUT2D eigenvalue weighted by Crippen LogP contribution is -2.17. The Labute approximate surface area is 142 Å². The van der Waals surface area contributed by atoms with Crippen LogP contribution in [0.15, 0.2) is 67.0 Å². The molecule has 4 nitrogen and oxygen atoms in total. The molecular weight excluding hydrogens is 296 g/mol. The van der Waals surface area contributed by atoms with E-state index < -0.39 is 0 Å². The molecule has 1 N–H and O–H groups in total. The van der Waals surface area contributed by atoms with Gasteiger partial charge >= 0.3 is 0 Å². The molecule has 24 heavy (non-hydrogen) atoms. The molecule has 0 unspecified atom stereocenters. The number of rotatable bonds is 4. The zero-order valence-corrected chi connectivity index (χ0v) is 13.5. The average Bonchev–Trinajstić information content (AvgIpc) is 3.18. The van der Waals surface area contributed by atoms with Gasteiger partial charge in [-0.2, -0.15) is 0 Å². The van der Waals surface area contributed by atoms with E-state index in [1.165, 1.54) is 31.6 Å². The second kappa shape index (κ2) is 6.71. The smallest absolute Gasteiger partial charge is 0.134 e. The first-order valence-electron chi connectivity index (χ1n) is 8.38. The third kappa shape index (κ3) is 3.23. The molecule has 0 atom stereocenters. The van der Waals surface area contributed by atoms with Gasteiger partial charge in [-0.15, -0.1) is 0 Å². The first kappa shape index (κ1) is 14.7. The maximum Gasteiger partial charge on any atom is 0.134 e. The molecule has 2 aromatic carbocycles. The Balaban J connectivity index is 1.51. The quantitative estimate of drug-likeness (QED) is 0.770. The van der Waals surface area contributed by atoms with E-state index in [0.717, 1.165) is 22.8 Å². The lowest BCUT2D eigenvalue weighted by Gasteiger charge is -2.17. The number of nitrogens with zero attached hydrogens (tertiary/aromatic N) is 3. The molecule has 1 aliphatic heterocycles. The summed E-state index contributed by atoms with van der Waals surface area (Å²) < 4.78 is 0. The highest BCUT2D eigenvalue weighted by molar-refractivity contribution is 5.66. The van der Waals surface area contributed by atoms with E-state index in [-0.39, 0.29) is 0 Å². The van der Waals surface area contributed by atoms with Gasteiger partial charge in [-0.05, 0) is 37.1 Å².